The number of amides is 1. The van der Waals surface area contributed by atoms with Gasteiger partial charge < -0.3 is 5.32 Å². The molecule has 2 aromatic rings. The van der Waals surface area contributed by atoms with E-state index in [1.807, 2.05) is 20.8 Å². The number of nitrogens with one attached hydrogen (secondary N) is 1. The van der Waals surface area contributed by atoms with Crippen LogP contribution in [0.15, 0.2) is 12.7 Å². The summed E-state index contributed by atoms with van der Waals surface area (Å²) in [5, 5.41) is 7.84. The fourth-order valence-corrected chi connectivity index (χ4v) is 2.51. The Balaban J connectivity index is 1.97. The Kier molecular flexibility index (Phi) is 3.71. The Morgan fingerprint density at radius 1 is 1.56 bits per heavy atom. The molecule has 18 heavy (non-hydrogen) atoms. The molecule has 0 spiro atoms. The highest BCUT2D eigenvalue weighted by Gasteiger charge is 2.16. The van der Waals surface area contributed by atoms with Gasteiger partial charge in [-0.3, -0.25) is 9.48 Å². The van der Waals surface area contributed by atoms with E-state index in [4.69, 9.17) is 0 Å². The lowest BCUT2D eigenvalue weighted by atomic mass is 10.3. The van der Waals surface area contributed by atoms with Gasteiger partial charge in [-0.15, -0.1) is 11.3 Å². The van der Waals surface area contributed by atoms with Crippen molar-refractivity contribution in [3.63, 3.8) is 0 Å². The van der Waals surface area contributed by atoms with Gasteiger partial charge in [-0.2, -0.15) is 5.10 Å². The fraction of sp³-hybridized carbons (Fsp3) is 0.455. The molecule has 1 atom stereocenters. The van der Waals surface area contributed by atoms with Gasteiger partial charge in [0.1, 0.15) is 17.5 Å². The Hall–Kier alpha value is -1.76. The number of rotatable bonds is 4. The van der Waals surface area contributed by atoms with Crippen LogP contribution in [0.5, 0.6) is 0 Å². The van der Waals surface area contributed by atoms with Crippen molar-refractivity contribution in [2.75, 3.05) is 0 Å². The lowest BCUT2D eigenvalue weighted by Gasteiger charge is -2.12. The molecule has 2 aromatic heterocycles. The van der Waals surface area contributed by atoms with E-state index in [9.17, 15) is 4.79 Å². The van der Waals surface area contributed by atoms with Gasteiger partial charge in [0.05, 0.1) is 17.2 Å². The Morgan fingerprint density at radius 3 is 2.89 bits per heavy atom. The van der Waals surface area contributed by atoms with E-state index >= 15 is 0 Å². The first-order valence-electron chi connectivity index (χ1n) is 5.63. The third-order valence-electron chi connectivity index (χ3n) is 2.41. The normalized spacial score (nSPS) is 12.4. The zero-order valence-electron chi connectivity index (χ0n) is 10.5. The summed E-state index contributed by atoms with van der Waals surface area (Å²) < 4.78 is 1.69. The molecule has 1 amide bonds. The zero-order chi connectivity index (χ0) is 13.1. The molecule has 2 heterocycles. The summed E-state index contributed by atoms with van der Waals surface area (Å²) >= 11 is 1.41. The number of aryl methyl sites for hydroxylation is 2. The van der Waals surface area contributed by atoms with Gasteiger partial charge in [-0.1, -0.05) is 0 Å². The molecule has 7 heteroatoms. The maximum atomic E-state index is 12.0. The highest BCUT2D eigenvalue weighted by Crippen LogP contribution is 2.16. The molecule has 0 aliphatic carbocycles. The van der Waals surface area contributed by atoms with Crippen LogP contribution in [0.1, 0.15) is 27.3 Å². The predicted octanol–water partition coefficient (Wildman–Crippen LogP) is 1.17. The molecule has 1 N–H and O–H groups in total. The van der Waals surface area contributed by atoms with Gasteiger partial charge in [0.25, 0.3) is 5.91 Å². The third kappa shape index (κ3) is 2.92. The molecule has 0 fully saturated rings. The van der Waals surface area contributed by atoms with Crippen molar-refractivity contribution in [2.45, 2.75) is 33.4 Å². The van der Waals surface area contributed by atoms with E-state index in [0.717, 1.165) is 10.7 Å². The van der Waals surface area contributed by atoms with E-state index in [1.54, 1.807) is 11.0 Å². The van der Waals surface area contributed by atoms with Crippen molar-refractivity contribution in [3.8, 4) is 0 Å². The Bertz CT molecular complexity index is 534. The molecule has 0 aromatic carbocycles. The number of nitrogens with zero attached hydrogens (tertiary/aromatic N) is 4. The maximum absolute atomic E-state index is 12.0. The standard InChI is InChI=1S/C11H15N5OS/c1-7(4-16-6-12-5-13-16)14-11(17)10-8(2)15-9(3)18-10/h5-7H,4H2,1-3H3,(H,14,17)/t7-/m0/s1. The second kappa shape index (κ2) is 5.26. The molecule has 2 rings (SSSR count). The van der Waals surface area contributed by atoms with Crippen LogP contribution in [0.25, 0.3) is 0 Å². The van der Waals surface area contributed by atoms with Crippen LogP contribution >= 0.6 is 11.3 Å². The van der Waals surface area contributed by atoms with Crippen molar-refractivity contribution in [1.82, 2.24) is 25.1 Å². The van der Waals surface area contributed by atoms with E-state index < -0.39 is 0 Å². The van der Waals surface area contributed by atoms with E-state index in [1.165, 1.54) is 17.7 Å². The highest BCUT2D eigenvalue weighted by molar-refractivity contribution is 7.13. The first kappa shape index (κ1) is 12.7. The highest BCUT2D eigenvalue weighted by atomic mass is 32.1. The first-order chi connectivity index (χ1) is 8.56. The number of hydrogen-bond donors (Lipinski definition) is 1. The molecule has 0 radical (unpaired) electrons. The minimum atomic E-state index is -0.0780. The van der Waals surface area contributed by atoms with Crippen LogP contribution in [0, 0.1) is 13.8 Å². The van der Waals surface area contributed by atoms with Gasteiger partial charge in [-0.25, -0.2) is 9.97 Å². The van der Waals surface area contributed by atoms with Crippen LogP contribution in [-0.4, -0.2) is 31.7 Å². The summed E-state index contributed by atoms with van der Waals surface area (Å²) in [6.07, 6.45) is 3.11. The summed E-state index contributed by atoms with van der Waals surface area (Å²) in [4.78, 5) is 20.8. The van der Waals surface area contributed by atoms with E-state index in [0.29, 0.717) is 11.4 Å². The van der Waals surface area contributed by atoms with Gasteiger partial charge in [0.15, 0.2) is 0 Å². The maximum Gasteiger partial charge on any atom is 0.263 e. The van der Waals surface area contributed by atoms with Gasteiger partial charge >= 0.3 is 0 Å². The van der Waals surface area contributed by atoms with Gasteiger partial charge in [-0.05, 0) is 20.8 Å². The largest absolute Gasteiger partial charge is 0.347 e. The molecular formula is C11H15N5OS. The summed E-state index contributed by atoms with van der Waals surface area (Å²) in [6.45, 7) is 6.28. The van der Waals surface area contributed by atoms with Crippen molar-refractivity contribution >= 4 is 17.2 Å². The monoisotopic (exact) mass is 265 g/mol. The number of carbonyl (C=O) groups excluding carboxylic acids is 1. The molecule has 0 bridgehead atoms. The van der Waals surface area contributed by atoms with Crippen LogP contribution in [-0.2, 0) is 6.54 Å². The van der Waals surface area contributed by atoms with Gasteiger partial charge in [0, 0.05) is 6.04 Å². The van der Waals surface area contributed by atoms with Crippen molar-refractivity contribution in [1.29, 1.82) is 0 Å². The van der Waals surface area contributed by atoms with E-state index in [-0.39, 0.29) is 11.9 Å². The second-order valence-electron chi connectivity index (χ2n) is 4.14. The Labute approximate surface area is 109 Å². The second-order valence-corrected chi connectivity index (χ2v) is 5.34. The predicted molar refractivity (Wildman–Crippen MR) is 68.5 cm³/mol. The summed E-state index contributed by atoms with van der Waals surface area (Å²) in [6, 6.07) is -0.0130. The fourth-order valence-electron chi connectivity index (χ4n) is 1.68. The topological polar surface area (TPSA) is 72.7 Å². The minimum Gasteiger partial charge on any atom is -0.347 e. The SMILES string of the molecule is Cc1nc(C)c(C(=O)N[C@@H](C)Cn2cncn2)s1. The zero-order valence-corrected chi connectivity index (χ0v) is 11.4. The van der Waals surface area contributed by atoms with Gasteiger partial charge in [0.2, 0.25) is 0 Å². The summed E-state index contributed by atoms with van der Waals surface area (Å²) in [5.41, 5.74) is 0.781. The molecule has 6 nitrogen and oxygen atoms in total. The molecule has 0 aliphatic rings. The molecule has 96 valence electrons. The Morgan fingerprint density at radius 2 is 2.33 bits per heavy atom. The molecule has 0 aliphatic heterocycles. The number of thiazole rings is 1. The van der Waals surface area contributed by atoms with Crippen LogP contribution in [0.3, 0.4) is 0 Å². The van der Waals surface area contributed by atoms with E-state index in [2.05, 4.69) is 20.4 Å². The molecule has 0 saturated carbocycles. The van der Waals surface area contributed by atoms with Crippen LogP contribution < -0.4 is 5.32 Å². The average Bonchev–Trinajstić information content (AvgIpc) is 2.88. The smallest absolute Gasteiger partial charge is 0.263 e. The summed E-state index contributed by atoms with van der Waals surface area (Å²) in [7, 11) is 0. The molecular weight excluding hydrogens is 250 g/mol. The van der Waals surface area contributed by atoms with Crippen LogP contribution in [0.4, 0.5) is 0 Å². The third-order valence-corrected chi connectivity index (χ3v) is 3.49. The molecule has 0 saturated heterocycles. The van der Waals surface area contributed by atoms with Crippen LogP contribution in [0.2, 0.25) is 0 Å². The lowest BCUT2D eigenvalue weighted by molar-refractivity contribution is 0.0939. The van der Waals surface area contributed by atoms with Crippen molar-refractivity contribution in [3.05, 3.63) is 28.2 Å². The molecule has 0 unspecified atom stereocenters. The van der Waals surface area contributed by atoms with Crippen molar-refractivity contribution < 1.29 is 4.79 Å². The number of aromatic nitrogens is 4. The van der Waals surface area contributed by atoms with Crippen molar-refractivity contribution in [2.24, 2.45) is 0 Å². The number of hydrogen-bond acceptors (Lipinski definition) is 5. The quantitative estimate of drug-likeness (QED) is 0.900. The summed E-state index contributed by atoms with van der Waals surface area (Å²) in [5.74, 6) is -0.0780. The number of carbonyl (C=O) groups is 1. The average molecular weight is 265 g/mol. The first-order valence-corrected chi connectivity index (χ1v) is 6.45. The lowest BCUT2D eigenvalue weighted by Crippen LogP contribution is -2.35. The minimum absolute atomic E-state index is 0.0130.